The van der Waals surface area contributed by atoms with Gasteiger partial charge < -0.3 is 9.84 Å². The van der Waals surface area contributed by atoms with Crippen molar-refractivity contribution in [1.82, 2.24) is 9.55 Å². The number of ether oxygens (including phenoxy) is 1. The van der Waals surface area contributed by atoms with Crippen LogP contribution in [0.25, 0.3) is 5.69 Å². The Labute approximate surface area is 102 Å². The molecule has 18 heavy (non-hydrogen) atoms. The van der Waals surface area contributed by atoms with Crippen molar-refractivity contribution in [3.05, 3.63) is 41.5 Å². The number of nitriles is 1. The first-order chi connectivity index (χ1) is 8.72. The van der Waals surface area contributed by atoms with E-state index in [-0.39, 0.29) is 12.3 Å². The molecule has 1 aromatic heterocycles. The molecule has 0 radical (unpaired) electrons. The number of aromatic nitrogens is 2. The zero-order chi connectivity index (χ0) is 12.7. The van der Waals surface area contributed by atoms with E-state index in [4.69, 9.17) is 15.1 Å². The third kappa shape index (κ3) is 1.28. The molecule has 1 aromatic carbocycles. The SMILES string of the molecule is N#Cc1cccc2c1OCc1c(C(=O)O)ncn1-2. The van der Waals surface area contributed by atoms with E-state index in [0.717, 1.165) is 0 Å². The number of imidazole rings is 1. The quantitative estimate of drug-likeness (QED) is 0.813. The van der Waals surface area contributed by atoms with Gasteiger partial charge in [0.2, 0.25) is 0 Å². The molecule has 0 fully saturated rings. The molecule has 6 heteroatoms. The van der Waals surface area contributed by atoms with Crippen molar-refractivity contribution < 1.29 is 14.6 Å². The third-order valence-corrected chi connectivity index (χ3v) is 2.80. The molecule has 0 unspecified atom stereocenters. The van der Waals surface area contributed by atoms with Crippen molar-refractivity contribution in [3.63, 3.8) is 0 Å². The van der Waals surface area contributed by atoms with E-state index in [1.54, 1.807) is 22.8 Å². The fraction of sp³-hybridized carbons (Fsp3) is 0.0833. The Morgan fingerprint density at radius 2 is 2.39 bits per heavy atom. The molecule has 0 aliphatic carbocycles. The Morgan fingerprint density at radius 1 is 1.56 bits per heavy atom. The molecule has 3 rings (SSSR count). The number of carboxylic acids is 1. The lowest BCUT2D eigenvalue weighted by Gasteiger charge is -2.20. The summed E-state index contributed by atoms with van der Waals surface area (Å²) in [6.07, 6.45) is 1.43. The molecule has 1 N–H and O–H groups in total. The highest BCUT2D eigenvalue weighted by Gasteiger charge is 2.25. The number of hydrogen-bond donors (Lipinski definition) is 1. The number of hydrogen-bond acceptors (Lipinski definition) is 4. The molecule has 2 aromatic rings. The van der Waals surface area contributed by atoms with Crippen LogP contribution in [0.3, 0.4) is 0 Å². The fourth-order valence-corrected chi connectivity index (χ4v) is 1.99. The molecule has 2 heterocycles. The molecule has 0 saturated heterocycles. The normalized spacial score (nSPS) is 11.9. The maximum atomic E-state index is 11.0. The number of nitrogens with zero attached hydrogens (tertiary/aromatic N) is 3. The van der Waals surface area contributed by atoms with E-state index >= 15 is 0 Å². The van der Waals surface area contributed by atoms with Gasteiger partial charge in [0, 0.05) is 0 Å². The lowest BCUT2D eigenvalue weighted by molar-refractivity contribution is 0.0687. The molecular weight excluding hydrogens is 234 g/mol. The number of benzene rings is 1. The van der Waals surface area contributed by atoms with Gasteiger partial charge in [-0.05, 0) is 12.1 Å². The molecule has 0 atom stereocenters. The first-order valence-electron chi connectivity index (χ1n) is 5.18. The second kappa shape index (κ2) is 3.60. The summed E-state index contributed by atoms with van der Waals surface area (Å²) in [5.41, 5.74) is 1.51. The average molecular weight is 241 g/mol. The summed E-state index contributed by atoms with van der Waals surface area (Å²) >= 11 is 0. The van der Waals surface area contributed by atoms with Crippen LogP contribution in [0.1, 0.15) is 21.7 Å². The first-order valence-corrected chi connectivity index (χ1v) is 5.18. The summed E-state index contributed by atoms with van der Waals surface area (Å²) in [7, 11) is 0. The minimum atomic E-state index is -1.09. The van der Waals surface area contributed by atoms with Crippen molar-refractivity contribution in [2.75, 3.05) is 0 Å². The lowest BCUT2D eigenvalue weighted by Crippen LogP contribution is -2.15. The summed E-state index contributed by atoms with van der Waals surface area (Å²) in [6, 6.07) is 7.17. The van der Waals surface area contributed by atoms with Crippen LogP contribution in [0.4, 0.5) is 0 Å². The zero-order valence-corrected chi connectivity index (χ0v) is 9.12. The molecule has 0 bridgehead atoms. The van der Waals surface area contributed by atoms with E-state index in [1.807, 2.05) is 6.07 Å². The van der Waals surface area contributed by atoms with E-state index in [1.165, 1.54) is 6.33 Å². The largest absolute Gasteiger partial charge is 0.484 e. The molecule has 0 saturated carbocycles. The van der Waals surface area contributed by atoms with Gasteiger partial charge in [0.25, 0.3) is 0 Å². The van der Waals surface area contributed by atoms with Crippen LogP contribution >= 0.6 is 0 Å². The Bertz CT molecular complexity index is 697. The number of carbonyl (C=O) groups is 1. The molecular formula is C12H7N3O3. The van der Waals surface area contributed by atoms with Crippen LogP contribution in [0.5, 0.6) is 5.75 Å². The van der Waals surface area contributed by atoms with Crippen LogP contribution in [0.15, 0.2) is 24.5 Å². The predicted octanol–water partition coefficient (Wildman–Crippen LogP) is 1.33. The van der Waals surface area contributed by atoms with E-state index in [2.05, 4.69) is 4.98 Å². The molecule has 1 aliphatic rings. The summed E-state index contributed by atoms with van der Waals surface area (Å²) in [4.78, 5) is 14.8. The van der Waals surface area contributed by atoms with Crippen molar-refractivity contribution in [2.24, 2.45) is 0 Å². The van der Waals surface area contributed by atoms with E-state index in [0.29, 0.717) is 22.7 Å². The maximum Gasteiger partial charge on any atom is 0.356 e. The first kappa shape index (κ1) is 10.4. The third-order valence-electron chi connectivity index (χ3n) is 2.80. The Balaban J connectivity index is 2.25. The number of carboxylic acid groups (broad SMARTS) is 1. The monoisotopic (exact) mass is 241 g/mol. The van der Waals surface area contributed by atoms with Gasteiger partial charge in [-0.3, -0.25) is 4.57 Å². The summed E-state index contributed by atoms with van der Waals surface area (Å²) < 4.78 is 7.12. The molecule has 88 valence electrons. The smallest absolute Gasteiger partial charge is 0.356 e. The number of rotatable bonds is 1. The van der Waals surface area contributed by atoms with Crippen molar-refractivity contribution in [3.8, 4) is 17.5 Å². The Morgan fingerprint density at radius 3 is 3.11 bits per heavy atom. The van der Waals surface area contributed by atoms with Crippen molar-refractivity contribution in [2.45, 2.75) is 6.61 Å². The summed E-state index contributed by atoms with van der Waals surface area (Å²) in [5.74, 6) is -0.630. The van der Waals surface area contributed by atoms with Crippen LogP contribution in [0.2, 0.25) is 0 Å². The van der Waals surface area contributed by atoms with Gasteiger partial charge in [0.1, 0.15) is 19.0 Å². The summed E-state index contributed by atoms with van der Waals surface area (Å²) in [6.45, 7) is 0.0906. The van der Waals surface area contributed by atoms with E-state index in [9.17, 15) is 4.79 Å². The minimum Gasteiger partial charge on any atom is -0.484 e. The van der Waals surface area contributed by atoms with Crippen LogP contribution in [-0.4, -0.2) is 20.6 Å². The minimum absolute atomic E-state index is 0.0250. The molecule has 6 nitrogen and oxygen atoms in total. The molecule has 0 amide bonds. The van der Waals surface area contributed by atoms with Crippen LogP contribution in [-0.2, 0) is 6.61 Å². The topological polar surface area (TPSA) is 88.1 Å². The summed E-state index contributed by atoms with van der Waals surface area (Å²) in [5, 5.41) is 18.0. The van der Waals surface area contributed by atoms with Gasteiger partial charge in [-0.2, -0.15) is 5.26 Å². The highest BCUT2D eigenvalue weighted by Crippen LogP contribution is 2.33. The molecule has 1 aliphatic heterocycles. The lowest BCUT2D eigenvalue weighted by atomic mass is 10.1. The Kier molecular flexibility index (Phi) is 2.07. The van der Waals surface area contributed by atoms with Gasteiger partial charge in [-0.25, -0.2) is 9.78 Å². The molecule has 0 spiro atoms. The number of para-hydroxylation sites is 1. The number of fused-ring (bicyclic) bond motifs is 3. The average Bonchev–Trinajstić information content (AvgIpc) is 2.82. The zero-order valence-electron chi connectivity index (χ0n) is 9.12. The van der Waals surface area contributed by atoms with Gasteiger partial charge >= 0.3 is 5.97 Å². The second-order valence-corrected chi connectivity index (χ2v) is 3.77. The van der Waals surface area contributed by atoms with Gasteiger partial charge in [-0.15, -0.1) is 0 Å². The standard InChI is InChI=1S/C12H7N3O3/c13-4-7-2-1-3-8-11(7)18-5-9-10(12(16)17)14-6-15(8)9/h1-3,6H,5H2,(H,16,17). The van der Waals surface area contributed by atoms with Crippen molar-refractivity contribution >= 4 is 5.97 Å². The van der Waals surface area contributed by atoms with Crippen LogP contribution in [0, 0.1) is 11.3 Å². The fourth-order valence-electron chi connectivity index (χ4n) is 1.99. The highest BCUT2D eigenvalue weighted by molar-refractivity contribution is 5.87. The van der Waals surface area contributed by atoms with Gasteiger partial charge in [-0.1, -0.05) is 6.07 Å². The highest BCUT2D eigenvalue weighted by atomic mass is 16.5. The van der Waals surface area contributed by atoms with Crippen LogP contribution < -0.4 is 4.74 Å². The van der Waals surface area contributed by atoms with E-state index < -0.39 is 5.97 Å². The number of aromatic carboxylic acids is 1. The maximum absolute atomic E-state index is 11.0. The van der Waals surface area contributed by atoms with Gasteiger partial charge in [0.15, 0.2) is 11.4 Å². The Hall–Kier alpha value is -2.81. The van der Waals surface area contributed by atoms with Gasteiger partial charge in [0.05, 0.1) is 16.9 Å². The van der Waals surface area contributed by atoms with Crippen molar-refractivity contribution in [1.29, 1.82) is 5.26 Å². The predicted molar refractivity (Wildman–Crippen MR) is 59.6 cm³/mol. The second-order valence-electron chi connectivity index (χ2n) is 3.77.